The summed E-state index contributed by atoms with van der Waals surface area (Å²) in [6, 6.07) is 22.0. The number of halogens is 1. The van der Waals surface area contributed by atoms with Gasteiger partial charge in [-0.2, -0.15) is 0 Å². The zero-order chi connectivity index (χ0) is 24.4. The SMILES string of the molecule is Cc1ccc(C)c(OCCCCn2c(C3CC(=O)N(c4ccccc4Cl)C3)nc3ccccc32)c1. The number of nitrogens with zero attached hydrogens (tertiary/aromatic N) is 3. The Morgan fingerprint density at radius 2 is 1.83 bits per heavy atom. The van der Waals surface area contributed by atoms with Gasteiger partial charge in [-0.1, -0.05) is 48.0 Å². The highest BCUT2D eigenvalue weighted by Gasteiger charge is 2.35. The van der Waals surface area contributed by atoms with E-state index in [4.69, 9.17) is 21.3 Å². The molecule has 180 valence electrons. The van der Waals surface area contributed by atoms with Crippen LogP contribution in [0.15, 0.2) is 66.7 Å². The Kier molecular flexibility index (Phi) is 6.78. The molecule has 0 saturated carbocycles. The Labute approximate surface area is 211 Å². The van der Waals surface area contributed by atoms with Crippen molar-refractivity contribution < 1.29 is 9.53 Å². The number of para-hydroxylation sites is 3. The van der Waals surface area contributed by atoms with Gasteiger partial charge in [-0.05, 0) is 68.1 Å². The summed E-state index contributed by atoms with van der Waals surface area (Å²) in [5.41, 5.74) is 5.22. The number of unbranched alkanes of at least 4 members (excludes halogenated alkanes) is 1. The summed E-state index contributed by atoms with van der Waals surface area (Å²) < 4.78 is 8.35. The molecule has 2 heterocycles. The van der Waals surface area contributed by atoms with Crippen molar-refractivity contribution >= 4 is 34.2 Å². The molecular weight excluding hydrogens is 458 g/mol. The van der Waals surface area contributed by atoms with Gasteiger partial charge in [0.25, 0.3) is 0 Å². The van der Waals surface area contributed by atoms with Crippen molar-refractivity contribution in [3.8, 4) is 5.75 Å². The van der Waals surface area contributed by atoms with E-state index in [0.717, 1.165) is 53.2 Å². The van der Waals surface area contributed by atoms with Crippen LogP contribution in [0, 0.1) is 13.8 Å². The molecule has 1 aromatic heterocycles. The van der Waals surface area contributed by atoms with Crippen LogP contribution in [-0.4, -0.2) is 28.6 Å². The largest absolute Gasteiger partial charge is 0.493 e. The highest BCUT2D eigenvalue weighted by atomic mass is 35.5. The standard InChI is InChI=1S/C29H30ClN3O2/c1-20-13-14-21(2)27(17-20)35-16-8-7-15-32-26-12-6-4-10-24(26)31-29(32)22-18-28(34)33(19-22)25-11-5-3-9-23(25)30/h3-6,9-14,17,22H,7-8,15-16,18-19H2,1-2H3. The van der Waals surface area contributed by atoms with Crippen molar-refractivity contribution in [3.63, 3.8) is 0 Å². The van der Waals surface area contributed by atoms with Crippen LogP contribution >= 0.6 is 11.6 Å². The van der Waals surface area contributed by atoms with Crippen molar-refractivity contribution in [2.24, 2.45) is 0 Å². The second-order valence-electron chi connectivity index (χ2n) is 9.29. The van der Waals surface area contributed by atoms with Gasteiger partial charge >= 0.3 is 0 Å². The zero-order valence-electron chi connectivity index (χ0n) is 20.2. The third kappa shape index (κ3) is 4.92. The molecule has 1 amide bonds. The number of ether oxygens (including phenoxy) is 1. The first-order valence-electron chi connectivity index (χ1n) is 12.2. The van der Waals surface area contributed by atoms with Gasteiger partial charge in [0.2, 0.25) is 5.91 Å². The Bertz CT molecular complexity index is 1360. The van der Waals surface area contributed by atoms with Gasteiger partial charge in [-0.3, -0.25) is 4.79 Å². The minimum atomic E-state index is 0.0253. The fourth-order valence-corrected chi connectivity index (χ4v) is 5.08. The average Bonchev–Trinajstić information content (AvgIpc) is 3.42. The van der Waals surface area contributed by atoms with Crippen molar-refractivity contribution in [1.82, 2.24) is 9.55 Å². The number of aryl methyl sites for hydroxylation is 3. The predicted octanol–water partition coefficient (Wildman–Crippen LogP) is 6.69. The van der Waals surface area contributed by atoms with E-state index in [1.807, 2.05) is 42.5 Å². The van der Waals surface area contributed by atoms with Crippen LogP contribution in [0.4, 0.5) is 5.69 Å². The summed E-state index contributed by atoms with van der Waals surface area (Å²) >= 11 is 6.39. The average molecular weight is 488 g/mol. The molecule has 5 rings (SSSR count). The number of anilines is 1. The number of hydrogen-bond acceptors (Lipinski definition) is 3. The summed E-state index contributed by atoms with van der Waals surface area (Å²) in [6.45, 7) is 6.25. The molecule has 3 aromatic carbocycles. The second kappa shape index (κ2) is 10.1. The lowest BCUT2D eigenvalue weighted by Gasteiger charge is -2.18. The topological polar surface area (TPSA) is 47.4 Å². The highest BCUT2D eigenvalue weighted by molar-refractivity contribution is 6.33. The van der Waals surface area contributed by atoms with Crippen LogP contribution < -0.4 is 9.64 Å². The van der Waals surface area contributed by atoms with Gasteiger partial charge in [-0.15, -0.1) is 0 Å². The number of fused-ring (bicyclic) bond motifs is 1. The molecular formula is C29H30ClN3O2. The number of rotatable bonds is 8. The lowest BCUT2D eigenvalue weighted by Crippen LogP contribution is -2.24. The van der Waals surface area contributed by atoms with Crippen molar-refractivity contribution in [2.45, 2.75) is 45.6 Å². The van der Waals surface area contributed by atoms with E-state index in [0.29, 0.717) is 24.6 Å². The Balaban J connectivity index is 1.30. The Morgan fingerprint density at radius 1 is 1.03 bits per heavy atom. The number of amides is 1. The number of benzene rings is 3. The molecule has 1 fully saturated rings. The molecule has 0 spiro atoms. The third-order valence-corrected chi connectivity index (χ3v) is 7.01. The van der Waals surface area contributed by atoms with Gasteiger partial charge in [0, 0.05) is 25.4 Å². The quantitative estimate of drug-likeness (QED) is 0.260. The number of aromatic nitrogens is 2. The lowest BCUT2D eigenvalue weighted by atomic mass is 10.1. The van der Waals surface area contributed by atoms with E-state index in [-0.39, 0.29) is 11.8 Å². The molecule has 4 aromatic rings. The minimum Gasteiger partial charge on any atom is -0.493 e. The normalized spacial score (nSPS) is 15.8. The van der Waals surface area contributed by atoms with Crippen molar-refractivity contribution in [1.29, 1.82) is 0 Å². The van der Waals surface area contributed by atoms with Gasteiger partial charge < -0.3 is 14.2 Å². The number of imidazole rings is 1. The summed E-state index contributed by atoms with van der Waals surface area (Å²) in [4.78, 5) is 19.7. The van der Waals surface area contributed by atoms with Crippen LogP contribution in [0.2, 0.25) is 5.02 Å². The molecule has 1 atom stereocenters. The molecule has 1 aliphatic rings. The maximum Gasteiger partial charge on any atom is 0.227 e. The number of carbonyl (C=O) groups excluding carboxylic acids is 1. The maximum absolute atomic E-state index is 12.9. The molecule has 5 nitrogen and oxygen atoms in total. The molecule has 35 heavy (non-hydrogen) atoms. The first kappa shape index (κ1) is 23.4. The zero-order valence-corrected chi connectivity index (χ0v) is 21.0. The fraction of sp³-hybridized carbons (Fsp3) is 0.310. The Morgan fingerprint density at radius 3 is 2.69 bits per heavy atom. The second-order valence-corrected chi connectivity index (χ2v) is 9.70. The van der Waals surface area contributed by atoms with Crippen LogP contribution in [0.25, 0.3) is 11.0 Å². The van der Waals surface area contributed by atoms with Crippen LogP contribution in [0.5, 0.6) is 5.75 Å². The molecule has 0 bridgehead atoms. The van der Waals surface area contributed by atoms with E-state index in [2.05, 4.69) is 42.7 Å². The summed E-state index contributed by atoms with van der Waals surface area (Å²) in [7, 11) is 0. The molecule has 0 aliphatic carbocycles. The molecule has 0 N–H and O–H groups in total. The number of carbonyl (C=O) groups is 1. The van der Waals surface area contributed by atoms with Gasteiger partial charge in [0.1, 0.15) is 11.6 Å². The fourth-order valence-electron chi connectivity index (χ4n) is 4.84. The van der Waals surface area contributed by atoms with Crippen LogP contribution in [-0.2, 0) is 11.3 Å². The van der Waals surface area contributed by atoms with Gasteiger partial charge in [0.15, 0.2) is 0 Å². The summed E-state index contributed by atoms with van der Waals surface area (Å²) in [5.74, 6) is 2.05. The van der Waals surface area contributed by atoms with Crippen molar-refractivity contribution in [3.05, 3.63) is 88.7 Å². The lowest BCUT2D eigenvalue weighted by molar-refractivity contribution is -0.117. The summed E-state index contributed by atoms with van der Waals surface area (Å²) in [6.07, 6.45) is 2.34. The molecule has 0 radical (unpaired) electrons. The third-order valence-electron chi connectivity index (χ3n) is 6.69. The van der Waals surface area contributed by atoms with E-state index < -0.39 is 0 Å². The van der Waals surface area contributed by atoms with E-state index in [1.54, 1.807) is 4.90 Å². The molecule has 1 aliphatic heterocycles. The van der Waals surface area contributed by atoms with E-state index in [1.165, 1.54) is 5.56 Å². The van der Waals surface area contributed by atoms with E-state index >= 15 is 0 Å². The maximum atomic E-state index is 12.9. The first-order chi connectivity index (χ1) is 17.0. The van der Waals surface area contributed by atoms with Crippen LogP contribution in [0.1, 0.15) is 42.1 Å². The minimum absolute atomic E-state index is 0.0253. The van der Waals surface area contributed by atoms with E-state index in [9.17, 15) is 4.79 Å². The smallest absolute Gasteiger partial charge is 0.227 e. The Hall–Kier alpha value is -3.31. The van der Waals surface area contributed by atoms with Crippen LogP contribution in [0.3, 0.4) is 0 Å². The number of hydrogen-bond donors (Lipinski definition) is 0. The first-order valence-corrected chi connectivity index (χ1v) is 12.6. The predicted molar refractivity (Wildman–Crippen MR) is 142 cm³/mol. The van der Waals surface area contributed by atoms with Gasteiger partial charge in [0.05, 0.1) is 28.4 Å². The van der Waals surface area contributed by atoms with Gasteiger partial charge in [-0.25, -0.2) is 4.98 Å². The molecule has 1 saturated heterocycles. The molecule has 6 heteroatoms. The van der Waals surface area contributed by atoms with Crippen molar-refractivity contribution in [2.75, 3.05) is 18.1 Å². The monoisotopic (exact) mass is 487 g/mol. The molecule has 1 unspecified atom stereocenters. The summed E-state index contributed by atoms with van der Waals surface area (Å²) in [5, 5.41) is 0.596. The highest BCUT2D eigenvalue weighted by Crippen LogP contribution is 2.36.